The summed E-state index contributed by atoms with van der Waals surface area (Å²) in [7, 11) is 0. The molecule has 2 fully saturated rings. The number of carbonyl (C=O) groups is 1. The van der Waals surface area contributed by atoms with Crippen molar-refractivity contribution in [2.75, 3.05) is 0 Å². The molecule has 1 amide bonds. The molecular weight excluding hydrogens is 150 g/mol. The maximum atomic E-state index is 11.0. The molecule has 1 atom stereocenters. The van der Waals surface area contributed by atoms with Crippen LogP contribution in [0.25, 0.3) is 0 Å². The standard InChI is InChI=1S/C10H17NO/c1-10(6-5-9(12)11-10)7-8-3-2-4-8/h8H,2-7H2,1H3,(H,11,12)/t10-/m0/s1. The van der Waals surface area contributed by atoms with Gasteiger partial charge in [-0.25, -0.2) is 0 Å². The summed E-state index contributed by atoms with van der Waals surface area (Å²) < 4.78 is 0. The number of carbonyl (C=O) groups excluding carboxylic acids is 1. The van der Waals surface area contributed by atoms with E-state index in [2.05, 4.69) is 12.2 Å². The molecule has 0 aromatic heterocycles. The first-order chi connectivity index (χ1) is 5.68. The van der Waals surface area contributed by atoms with Gasteiger partial charge in [0.05, 0.1) is 0 Å². The van der Waals surface area contributed by atoms with Gasteiger partial charge in [0.15, 0.2) is 0 Å². The van der Waals surface area contributed by atoms with Crippen LogP contribution in [0.1, 0.15) is 45.4 Å². The summed E-state index contributed by atoms with van der Waals surface area (Å²) >= 11 is 0. The predicted octanol–water partition coefficient (Wildman–Crippen LogP) is 1.85. The molecule has 1 saturated heterocycles. The summed E-state index contributed by atoms with van der Waals surface area (Å²) in [4.78, 5) is 11.0. The average Bonchev–Trinajstić information content (AvgIpc) is 2.24. The Labute approximate surface area is 73.7 Å². The molecule has 0 radical (unpaired) electrons. The molecule has 12 heavy (non-hydrogen) atoms. The van der Waals surface area contributed by atoms with Gasteiger partial charge in [0.2, 0.25) is 5.91 Å². The highest BCUT2D eigenvalue weighted by molar-refractivity contribution is 5.79. The maximum absolute atomic E-state index is 11.0. The highest BCUT2D eigenvalue weighted by Crippen LogP contribution is 2.36. The van der Waals surface area contributed by atoms with E-state index in [-0.39, 0.29) is 11.4 Å². The van der Waals surface area contributed by atoms with Crippen LogP contribution in [-0.2, 0) is 4.79 Å². The summed E-state index contributed by atoms with van der Waals surface area (Å²) in [5.41, 5.74) is 0.141. The van der Waals surface area contributed by atoms with Gasteiger partial charge < -0.3 is 5.32 Å². The van der Waals surface area contributed by atoms with Crippen molar-refractivity contribution in [1.82, 2.24) is 5.32 Å². The maximum Gasteiger partial charge on any atom is 0.220 e. The Bertz CT molecular complexity index is 198. The molecule has 2 aliphatic rings. The van der Waals surface area contributed by atoms with Crippen LogP contribution in [-0.4, -0.2) is 11.4 Å². The molecule has 0 aromatic rings. The van der Waals surface area contributed by atoms with Crippen molar-refractivity contribution >= 4 is 5.91 Å². The van der Waals surface area contributed by atoms with Crippen LogP contribution < -0.4 is 5.32 Å². The minimum Gasteiger partial charge on any atom is -0.351 e. The van der Waals surface area contributed by atoms with Gasteiger partial charge in [-0.05, 0) is 25.7 Å². The highest BCUT2D eigenvalue weighted by atomic mass is 16.2. The lowest BCUT2D eigenvalue weighted by Crippen LogP contribution is -2.41. The van der Waals surface area contributed by atoms with E-state index in [9.17, 15) is 4.79 Å². The number of rotatable bonds is 2. The smallest absolute Gasteiger partial charge is 0.220 e. The first-order valence-electron chi connectivity index (χ1n) is 4.99. The first-order valence-corrected chi connectivity index (χ1v) is 4.99. The Hall–Kier alpha value is -0.530. The summed E-state index contributed by atoms with van der Waals surface area (Å²) in [5, 5.41) is 3.09. The summed E-state index contributed by atoms with van der Waals surface area (Å²) in [6.45, 7) is 2.19. The van der Waals surface area contributed by atoms with E-state index in [1.54, 1.807) is 0 Å². The van der Waals surface area contributed by atoms with Crippen LogP contribution in [0.3, 0.4) is 0 Å². The molecule has 0 unspecified atom stereocenters. The van der Waals surface area contributed by atoms with Crippen molar-refractivity contribution in [3.63, 3.8) is 0 Å². The number of nitrogens with one attached hydrogen (secondary N) is 1. The highest BCUT2D eigenvalue weighted by Gasteiger charge is 2.36. The fourth-order valence-corrected chi connectivity index (χ4v) is 2.34. The Morgan fingerprint density at radius 1 is 1.58 bits per heavy atom. The van der Waals surface area contributed by atoms with Crippen molar-refractivity contribution in [3.05, 3.63) is 0 Å². The van der Waals surface area contributed by atoms with Gasteiger partial charge in [0.25, 0.3) is 0 Å². The largest absolute Gasteiger partial charge is 0.351 e. The molecule has 68 valence electrons. The van der Waals surface area contributed by atoms with E-state index in [0.29, 0.717) is 0 Å². The first kappa shape index (κ1) is 8.09. The van der Waals surface area contributed by atoms with Crippen LogP contribution in [0.5, 0.6) is 0 Å². The van der Waals surface area contributed by atoms with E-state index in [4.69, 9.17) is 0 Å². The molecule has 0 bridgehead atoms. The van der Waals surface area contributed by atoms with E-state index in [1.807, 2.05) is 0 Å². The number of hydrogen-bond acceptors (Lipinski definition) is 1. The van der Waals surface area contributed by atoms with Crippen molar-refractivity contribution in [2.24, 2.45) is 5.92 Å². The monoisotopic (exact) mass is 167 g/mol. The molecular formula is C10H17NO. The third-order valence-corrected chi connectivity index (χ3v) is 3.31. The minimum atomic E-state index is 0.141. The van der Waals surface area contributed by atoms with Crippen LogP contribution >= 0.6 is 0 Å². The zero-order valence-electron chi connectivity index (χ0n) is 7.73. The normalized spacial score (nSPS) is 36.2. The third kappa shape index (κ3) is 1.47. The number of amides is 1. The van der Waals surface area contributed by atoms with Gasteiger partial charge in [-0.3, -0.25) is 4.79 Å². The summed E-state index contributed by atoms with van der Waals surface area (Å²) in [5.74, 6) is 1.14. The topological polar surface area (TPSA) is 29.1 Å². The minimum absolute atomic E-state index is 0.141. The SMILES string of the molecule is C[C@@]1(CC2CCC2)CCC(=O)N1. The van der Waals surface area contributed by atoms with Gasteiger partial charge in [-0.1, -0.05) is 19.3 Å². The van der Waals surface area contributed by atoms with Crippen molar-refractivity contribution < 1.29 is 4.79 Å². The molecule has 0 aromatic carbocycles. The molecule has 2 heteroatoms. The second kappa shape index (κ2) is 2.75. The zero-order valence-corrected chi connectivity index (χ0v) is 7.73. The lowest BCUT2D eigenvalue weighted by Gasteiger charge is -2.34. The summed E-state index contributed by atoms with van der Waals surface area (Å²) in [6.07, 6.45) is 7.15. The Balaban J connectivity index is 1.88. The fraction of sp³-hybridized carbons (Fsp3) is 0.900. The van der Waals surface area contributed by atoms with E-state index >= 15 is 0 Å². The van der Waals surface area contributed by atoms with Gasteiger partial charge >= 0.3 is 0 Å². The van der Waals surface area contributed by atoms with E-state index in [0.717, 1.165) is 18.8 Å². The Morgan fingerprint density at radius 2 is 2.33 bits per heavy atom. The second-order valence-electron chi connectivity index (χ2n) is 4.61. The van der Waals surface area contributed by atoms with Crippen molar-refractivity contribution in [1.29, 1.82) is 0 Å². The van der Waals surface area contributed by atoms with E-state index in [1.165, 1.54) is 25.7 Å². The quantitative estimate of drug-likeness (QED) is 0.668. The molecule has 0 spiro atoms. The fourth-order valence-electron chi connectivity index (χ4n) is 2.34. The molecule has 2 nitrogen and oxygen atoms in total. The van der Waals surface area contributed by atoms with Crippen LogP contribution in [0.4, 0.5) is 0 Å². The zero-order chi connectivity index (χ0) is 8.60. The lowest BCUT2D eigenvalue weighted by atomic mass is 9.76. The third-order valence-electron chi connectivity index (χ3n) is 3.31. The van der Waals surface area contributed by atoms with Gasteiger partial charge in [-0.15, -0.1) is 0 Å². The summed E-state index contributed by atoms with van der Waals surface area (Å²) in [6, 6.07) is 0. The average molecular weight is 167 g/mol. The molecule has 1 saturated carbocycles. The van der Waals surface area contributed by atoms with Crippen molar-refractivity contribution in [2.45, 2.75) is 51.0 Å². The second-order valence-corrected chi connectivity index (χ2v) is 4.61. The predicted molar refractivity (Wildman–Crippen MR) is 47.7 cm³/mol. The van der Waals surface area contributed by atoms with Gasteiger partial charge in [0.1, 0.15) is 0 Å². The molecule has 1 aliphatic heterocycles. The van der Waals surface area contributed by atoms with E-state index < -0.39 is 0 Å². The number of hydrogen-bond donors (Lipinski definition) is 1. The Morgan fingerprint density at radius 3 is 2.75 bits per heavy atom. The molecule has 1 heterocycles. The van der Waals surface area contributed by atoms with Crippen LogP contribution in [0.15, 0.2) is 0 Å². The van der Waals surface area contributed by atoms with Gasteiger partial charge in [-0.2, -0.15) is 0 Å². The molecule has 2 rings (SSSR count). The lowest BCUT2D eigenvalue weighted by molar-refractivity contribution is -0.119. The van der Waals surface area contributed by atoms with Crippen LogP contribution in [0, 0.1) is 5.92 Å². The Kier molecular flexibility index (Phi) is 1.85. The van der Waals surface area contributed by atoms with Crippen molar-refractivity contribution in [3.8, 4) is 0 Å². The molecule has 1 N–H and O–H groups in total. The van der Waals surface area contributed by atoms with Crippen LogP contribution in [0.2, 0.25) is 0 Å². The van der Waals surface area contributed by atoms with Gasteiger partial charge in [0, 0.05) is 12.0 Å². The molecule has 1 aliphatic carbocycles.